The van der Waals surface area contributed by atoms with Crippen molar-refractivity contribution in [3.05, 3.63) is 53.5 Å². The van der Waals surface area contributed by atoms with Crippen molar-refractivity contribution >= 4 is 11.2 Å². The Labute approximate surface area is 160 Å². The van der Waals surface area contributed by atoms with Crippen LogP contribution in [0, 0.1) is 0 Å². The Balaban J connectivity index is 1.42. The van der Waals surface area contributed by atoms with E-state index in [1.165, 1.54) is 6.07 Å². The monoisotopic (exact) mass is 390 g/mol. The van der Waals surface area contributed by atoms with Crippen LogP contribution in [-0.2, 0) is 19.8 Å². The Hall–Kier alpha value is -2.61. The number of hydrogen-bond acceptors (Lipinski definition) is 4. The Morgan fingerprint density at radius 2 is 1.93 bits per heavy atom. The number of piperidine rings is 1. The molecule has 0 aliphatic carbocycles. The molecule has 0 unspecified atom stereocenters. The van der Waals surface area contributed by atoms with Gasteiger partial charge >= 0.3 is 6.18 Å². The van der Waals surface area contributed by atoms with Crippen molar-refractivity contribution in [3.63, 3.8) is 0 Å². The third-order valence-corrected chi connectivity index (χ3v) is 5.50. The molecule has 0 atom stereocenters. The van der Waals surface area contributed by atoms with Gasteiger partial charge in [0, 0.05) is 13.2 Å². The molecule has 2 aromatic heterocycles. The molecule has 0 spiro atoms. The predicted octanol–water partition coefficient (Wildman–Crippen LogP) is 4.07. The van der Waals surface area contributed by atoms with Crippen LogP contribution in [0.1, 0.15) is 35.7 Å². The zero-order chi connectivity index (χ0) is 19.9. The summed E-state index contributed by atoms with van der Waals surface area (Å²) in [5, 5.41) is 10.1. The molecule has 0 saturated carbocycles. The second-order valence-electron chi connectivity index (χ2n) is 7.25. The quantitative estimate of drug-likeness (QED) is 0.733. The van der Waals surface area contributed by atoms with Gasteiger partial charge < -0.3 is 9.67 Å². The average molecular weight is 390 g/mol. The number of aryl methyl sites for hydroxylation is 1. The van der Waals surface area contributed by atoms with Gasteiger partial charge in [-0.05, 0) is 61.7 Å². The van der Waals surface area contributed by atoms with Gasteiger partial charge in [0.2, 0.25) is 0 Å². The SMILES string of the molecule is Cn1c(CN2CCC(c3ccc(C(F)(F)F)cc3O)CC2)nc2ncccc21. The molecular weight excluding hydrogens is 369 g/mol. The number of alkyl halides is 3. The third-order valence-electron chi connectivity index (χ3n) is 5.50. The van der Waals surface area contributed by atoms with Gasteiger partial charge in [-0.3, -0.25) is 4.90 Å². The van der Waals surface area contributed by atoms with Crippen LogP contribution in [0.15, 0.2) is 36.5 Å². The molecule has 1 aromatic carbocycles. The summed E-state index contributed by atoms with van der Waals surface area (Å²) in [7, 11) is 1.97. The minimum Gasteiger partial charge on any atom is -0.508 e. The number of imidazole rings is 1. The van der Waals surface area contributed by atoms with Crippen LogP contribution >= 0.6 is 0 Å². The Morgan fingerprint density at radius 3 is 2.57 bits per heavy atom. The van der Waals surface area contributed by atoms with Gasteiger partial charge in [-0.1, -0.05) is 6.07 Å². The molecule has 1 aliphatic rings. The highest BCUT2D eigenvalue weighted by Gasteiger charge is 2.32. The predicted molar refractivity (Wildman–Crippen MR) is 98.9 cm³/mol. The molecule has 1 N–H and O–H groups in total. The second-order valence-corrected chi connectivity index (χ2v) is 7.25. The molecule has 1 aliphatic heterocycles. The first-order valence-corrected chi connectivity index (χ1v) is 9.21. The largest absolute Gasteiger partial charge is 0.508 e. The van der Waals surface area contributed by atoms with Crippen molar-refractivity contribution in [1.82, 2.24) is 19.4 Å². The summed E-state index contributed by atoms with van der Waals surface area (Å²) in [6.07, 6.45) is -1.16. The zero-order valence-electron chi connectivity index (χ0n) is 15.4. The Kier molecular flexibility index (Phi) is 4.74. The van der Waals surface area contributed by atoms with E-state index < -0.39 is 11.7 Å². The molecule has 1 saturated heterocycles. The van der Waals surface area contributed by atoms with E-state index in [2.05, 4.69) is 14.9 Å². The van der Waals surface area contributed by atoms with Crippen molar-refractivity contribution in [2.24, 2.45) is 7.05 Å². The van der Waals surface area contributed by atoms with Crippen molar-refractivity contribution in [3.8, 4) is 5.75 Å². The molecule has 3 aromatic rings. The molecule has 0 radical (unpaired) electrons. The lowest BCUT2D eigenvalue weighted by Crippen LogP contribution is -2.33. The number of halogens is 3. The third kappa shape index (κ3) is 3.56. The van der Waals surface area contributed by atoms with Crippen molar-refractivity contribution in [1.29, 1.82) is 0 Å². The number of aromatic nitrogens is 3. The molecule has 3 heterocycles. The van der Waals surface area contributed by atoms with Gasteiger partial charge in [-0.2, -0.15) is 13.2 Å². The molecule has 28 heavy (non-hydrogen) atoms. The van der Waals surface area contributed by atoms with Crippen LogP contribution in [0.3, 0.4) is 0 Å². The zero-order valence-corrected chi connectivity index (χ0v) is 15.4. The number of rotatable bonds is 3. The van der Waals surface area contributed by atoms with Gasteiger partial charge in [-0.25, -0.2) is 9.97 Å². The number of nitrogens with zero attached hydrogens (tertiary/aromatic N) is 4. The van der Waals surface area contributed by atoms with Crippen molar-refractivity contribution < 1.29 is 18.3 Å². The number of phenols is 1. The van der Waals surface area contributed by atoms with Crippen LogP contribution in [0.4, 0.5) is 13.2 Å². The van der Waals surface area contributed by atoms with E-state index in [9.17, 15) is 18.3 Å². The van der Waals surface area contributed by atoms with Crippen LogP contribution in [-0.4, -0.2) is 37.6 Å². The smallest absolute Gasteiger partial charge is 0.416 e. The van der Waals surface area contributed by atoms with E-state index in [0.717, 1.165) is 55.1 Å². The molecular formula is C20H21F3N4O. The lowest BCUT2D eigenvalue weighted by Gasteiger charge is -2.32. The molecule has 4 rings (SSSR count). The van der Waals surface area contributed by atoms with Crippen molar-refractivity contribution in [2.75, 3.05) is 13.1 Å². The van der Waals surface area contributed by atoms with Gasteiger partial charge in [0.05, 0.1) is 17.6 Å². The maximum Gasteiger partial charge on any atom is 0.416 e. The first kappa shape index (κ1) is 18.7. The number of likely N-dealkylation sites (tertiary alicyclic amines) is 1. The van der Waals surface area contributed by atoms with E-state index in [-0.39, 0.29) is 11.7 Å². The first-order valence-electron chi connectivity index (χ1n) is 9.21. The maximum atomic E-state index is 12.8. The maximum absolute atomic E-state index is 12.8. The number of aromatic hydroxyl groups is 1. The molecule has 5 nitrogen and oxygen atoms in total. The molecule has 8 heteroatoms. The lowest BCUT2D eigenvalue weighted by molar-refractivity contribution is -0.137. The van der Waals surface area contributed by atoms with Gasteiger partial charge in [0.25, 0.3) is 0 Å². The molecule has 0 bridgehead atoms. The standard InChI is InChI=1S/C20H21F3N4O/c1-26-16-3-2-8-24-19(16)25-18(26)12-27-9-6-13(7-10-27)15-5-4-14(11-17(15)28)20(21,22)23/h2-5,8,11,13,28H,6-7,9-10,12H2,1H3. The number of hydrogen-bond donors (Lipinski definition) is 1. The highest BCUT2D eigenvalue weighted by molar-refractivity contribution is 5.71. The van der Waals surface area contributed by atoms with E-state index in [4.69, 9.17) is 0 Å². The molecule has 1 fully saturated rings. The highest BCUT2D eigenvalue weighted by atomic mass is 19.4. The normalized spacial score (nSPS) is 16.7. The minimum atomic E-state index is -4.44. The number of phenolic OH excluding ortho intramolecular Hbond substituents is 1. The summed E-state index contributed by atoms with van der Waals surface area (Å²) in [6.45, 7) is 2.28. The number of pyridine rings is 1. The van der Waals surface area contributed by atoms with Gasteiger partial charge in [-0.15, -0.1) is 0 Å². The summed E-state index contributed by atoms with van der Waals surface area (Å²) in [5.41, 5.74) is 1.49. The molecule has 148 valence electrons. The fourth-order valence-corrected chi connectivity index (χ4v) is 3.88. The topological polar surface area (TPSA) is 54.2 Å². The Morgan fingerprint density at radius 1 is 1.18 bits per heavy atom. The van der Waals surface area contributed by atoms with E-state index in [0.29, 0.717) is 12.1 Å². The fraction of sp³-hybridized carbons (Fsp3) is 0.400. The Bertz CT molecular complexity index is 991. The van der Waals surface area contributed by atoms with Crippen LogP contribution in [0.25, 0.3) is 11.2 Å². The number of benzene rings is 1. The van der Waals surface area contributed by atoms with Crippen LogP contribution < -0.4 is 0 Å². The average Bonchev–Trinajstić information content (AvgIpc) is 2.98. The number of fused-ring (bicyclic) bond motifs is 1. The van der Waals surface area contributed by atoms with Crippen LogP contribution in [0.2, 0.25) is 0 Å². The fourth-order valence-electron chi connectivity index (χ4n) is 3.88. The van der Waals surface area contributed by atoms with E-state index in [1.54, 1.807) is 6.20 Å². The summed E-state index contributed by atoms with van der Waals surface area (Å²) < 4.78 is 40.4. The van der Waals surface area contributed by atoms with Crippen molar-refractivity contribution in [2.45, 2.75) is 31.5 Å². The van der Waals surface area contributed by atoms with Crippen LogP contribution in [0.5, 0.6) is 5.75 Å². The summed E-state index contributed by atoms with van der Waals surface area (Å²) in [4.78, 5) is 11.2. The van der Waals surface area contributed by atoms with Gasteiger partial charge in [0.1, 0.15) is 11.6 Å². The van der Waals surface area contributed by atoms with Gasteiger partial charge in [0.15, 0.2) is 5.65 Å². The van der Waals surface area contributed by atoms with E-state index >= 15 is 0 Å². The highest BCUT2D eigenvalue weighted by Crippen LogP contribution is 2.38. The summed E-state index contributed by atoms with van der Waals surface area (Å²) in [6, 6.07) is 7.16. The second kappa shape index (κ2) is 7.09. The van der Waals surface area contributed by atoms with E-state index in [1.807, 2.05) is 23.7 Å². The molecule has 0 amide bonds. The summed E-state index contributed by atoms with van der Waals surface area (Å²) in [5.74, 6) is 0.722. The lowest BCUT2D eigenvalue weighted by atomic mass is 9.88. The summed E-state index contributed by atoms with van der Waals surface area (Å²) >= 11 is 0. The minimum absolute atomic E-state index is 0.0562. The first-order chi connectivity index (χ1) is 13.3.